The van der Waals surface area contributed by atoms with Gasteiger partial charge in [0.2, 0.25) is 0 Å². The van der Waals surface area contributed by atoms with E-state index in [-0.39, 0.29) is 24.0 Å². The van der Waals surface area contributed by atoms with E-state index < -0.39 is 6.10 Å². The second kappa shape index (κ2) is 6.78. The highest BCUT2D eigenvalue weighted by Gasteiger charge is 2.48. The van der Waals surface area contributed by atoms with Crippen LogP contribution in [0.15, 0.2) is 18.2 Å². The molecule has 0 spiro atoms. The number of nitrogens with zero attached hydrogens (tertiary/aromatic N) is 1. The lowest BCUT2D eigenvalue weighted by molar-refractivity contribution is -0.169. The van der Waals surface area contributed by atoms with E-state index in [1.54, 1.807) is 7.11 Å². The second-order valence-electron chi connectivity index (χ2n) is 8.54. The number of rotatable bonds is 2. The fraction of sp³-hybridized carbons (Fsp3) is 0.591. The Morgan fingerprint density at radius 3 is 2.96 bits per heavy atom. The number of benzene rings is 1. The van der Waals surface area contributed by atoms with Crippen molar-refractivity contribution < 1.29 is 19.4 Å². The van der Waals surface area contributed by atoms with E-state index in [1.807, 2.05) is 12.1 Å². The lowest BCUT2D eigenvalue weighted by Crippen LogP contribution is -2.54. The molecule has 2 aromatic rings. The van der Waals surface area contributed by atoms with E-state index in [1.165, 1.54) is 23.6 Å². The zero-order valence-corrected chi connectivity index (χ0v) is 16.5. The van der Waals surface area contributed by atoms with Crippen molar-refractivity contribution in [3.05, 3.63) is 29.5 Å². The van der Waals surface area contributed by atoms with E-state index in [9.17, 15) is 9.90 Å². The van der Waals surface area contributed by atoms with Gasteiger partial charge < -0.3 is 19.6 Å². The maximum atomic E-state index is 11.6. The molecule has 1 aromatic heterocycles. The van der Waals surface area contributed by atoms with Gasteiger partial charge in [-0.3, -0.25) is 9.69 Å². The fourth-order valence-electron chi connectivity index (χ4n) is 5.88. The van der Waals surface area contributed by atoms with E-state index in [2.05, 4.69) is 16.0 Å². The highest BCUT2D eigenvalue weighted by atomic mass is 16.6. The number of aromatic nitrogens is 1. The van der Waals surface area contributed by atoms with Crippen LogP contribution in [0.2, 0.25) is 0 Å². The summed E-state index contributed by atoms with van der Waals surface area (Å²) in [5, 5.41) is 11.7. The highest BCUT2D eigenvalue weighted by molar-refractivity contribution is 5.91. The minimum absolute atomic E-state index is 0.202. The van der Waals surface area contributed by atoms with Crippen molar-refractivity contribution in [2.24, 2.45) is 11.8 Å². The fourth-order valence-corrected chi connectivity index (χ4v) is 5.88. The Labute approximate surface area is 164 Å². The first-order chi connectivity index (χ1) is 13.6. The largest absolute Gasteiger partial charge is 0.496 e. The van der Waals surface area contributed by atoms with Crippen molar-refractivity contribution in [3.8, 4) is 5.75 Å². The molecule has 1 aliphatic carbocycles. The van der Waals surface area contributed by atoms with Crippen LogP contribution in [0.5, 0.6) is 5.75 Å². The summed E-state index contributed by atoms with van der Waals surface area (Å²) in [6, 6.07) is 6.42. The van der Waals surface area contributed by atoms with Crippen molar-refractivity contribution in [3.63, 3.8) is 0 Å². The molecule has 2 fully saturated rings. The lowest BCUT2D eigenvalue weighted by atomic mass is 9.69. The summed E-state index contributed by atoms with van der Waals surface area (Å²) in [5.41, 5.74) is 3.74. The summed E-state index contributed by atoms with van der Waals surface area (Å²) < 4.78 is 11.2. The molecule has 5 atom stereocenters. The standard InChI is InChI=1S/C22H28N2O4/c1-12(25)28-22-15-10-17-21-14(20-16(23-21)4-3-5-19(20)27-2)8-9-24(17)11-13(15)6-7-18(22)26/h3-5,13,15,17-18,22-23,26H,6-11H2,1-2H3/t13-,15+,17-,18-,22+/m1/s1. The predicted octanol–water partition coefficient (Wildman–Crippen LogP) is 2.80. The molecule has 0 amide bonds. The Bertz CT molecular complexity index is 907. The van der Waals surface area contributed by atoms with E-state index >= 15 is 0 Å². The summed E-state index contributed by atoms with van der Waals surface area (Å²) in [4.78, 5) is 17.9. The van der Waals surface area contributed by atoms with Crippen LogP contribution >= 0.6 is 0 Å². The van der Waals surface area contributed by atoms with Crippen molar-refractivity contribution in [2.75, 3.05) is 20.2 Å². The molecule has 28 heavy (non-hydrogen) atoms. The first-order valence-electron chi connectivity index (χ1n) is 10.3. The Morgan fingerprint density at radius 2 is 2.18 bits per heavy atom. The van der Waals surface area contributed by atoms with Crippen molar-refractivity contribution in [1.29, 1.82) is 0 Å². The number of hydrogen-bond donors (Lipinski definition) is 2. The number of fused-ring (bicyclic) bond motifs is 6. The molecular formula is C22H28N2O4. The van der Waals surface area contributed by atoms with Gasteiger partial charge in [-0.2, -0.15) is 0 Å². The SMILES string of the molecule is COc1cccc2[nH]c3c(c12)CCN1C[C@H]2CC[C@@H](O)[C@@H](OC(C)=O)[C@H]2C[C@H]31. The molecule has 3 aliphatic rings. The van der Waals surface area contributed by atoms with Crippen LogP contribution < -0.4 is 4.74 Å². The number of aliphatic hydroxyl groups excluding tert-OH is 1. The van der Waals surface area contributed by atoms with E-state index in [0.29, 0.717) is 12.3 Å². The van der Waals surface area contributed by atoms with Crippen LogP contribution in [0.3, 0.4) is 0 Å². The number of esters is 1. The van der Waals surface area contributed by atoms with Gasteiger partial charge in [0.1, 0.15) is 11.9 Å². The molecule has 6 heteroatoms. The minimum atomic E-state index is -0.553. The van der Waals surface area contributed by atoms with Crippen molar-refractivity contribution >= 4 is 16.9 Å². The molecule has 2 aliphatic heterocycles. The number of aromatic amines is 1. The Morgan fingerprint density at radius 1 is 1.32 bits per heavy atom. The van der Waals surface area contributed by atoms with Gasteiger partial charge in [0.15, 0.2) is 0 Å². The first kappa shape index (κ1) is 18.0. The summed E-state index contributed by atoms with van der Waals surface area (Å²) in [5.74, 6) is 1.30. The molecule has 6 nitrogen and oxygen atoms in total. The zero-order valence-electron chi connectivity index (χ0n) is 16.5. The van der Waals surface area contributed by atoms with Crippen LogP contribution in [0.1, 0.15) is 43.5 Å². The number of aliphatic hydroxyl groups is 1. The molecule has 2 N–H and O–H groups in total. The first-order valence-corrected chi connectivity index (χ1v) is 10.3. The molecule has 0 bridgehead atoms. The van der Waals surface area contributed by atoms with Gasteiger partial charge in [0.25, 0.3) is 0 Å². The summed E-state index contributed by atoms with van der Waals surface area (Å²) in [7, 11) is 1.72. The lowest BCUT2D eigenvalue weighted by Gasteiger charge is -2.51. The molecule has 1 aromatic carbocycles. The van der Waals surface area contributed by atoms with Gasteiger partial charge >= 0.3 is 5.97 Å². The van der Waals surface area contributed by atoms with E-state index in [4.69, 9.17) is 9.47 Å². The van der Waals surface area contributed by atoms with Crippen LogP contribution in [0, 0.1) is 11.8 Å². The van der Waals surface area contributed by atoms with Crippen LogP contribution in [0.4, 0.5) is 0 Å². The number of nitrogens with one attached hydrogen (secondary N) is 1. The van der Waals surface area contributed by atoms with Gasteiger partial charge in [-0.05, 0) is 49.3 Å². The van der Waals surface area contributed by atoms with Crippen molar-refractivity contribution in [1.82, 2.24) is 9.88 Å². The predicted molar refractivity (Wildman–Crippen MR) is 105 cm³/mol. The van der Waals surface area contributed by atoms with Gasteiger partial charge in [0, 0.05) is 42.5 Å². The van der Waals surface area contributed by atoms with Gasteiger partial charge in [0.05, 0.1) is 19.3 Å². The molecular weight excluding hydrogens is 356 g/mol. The molecule has 0 radical (unpaired) electrons. The number of hydrogen-bond acceptors (Lipinski definition) is 5. The van der Waals surface area contributed by atoms with E-state index in [0.717, 1.165) is 43.6 Å². The average Bonchev–Trinajstić information content (AvgIpc) is 3.08. The number of ether oxygens (including phenoxy) is 2. The van der Waals surface area contributed by atoms with Gasteiger partial charge in [-0.15, -0.1) is 0 Å². The van der Waals surface area contributed by atoms with Crippen LogP contribution in [-0.4, -0.2) is 53.4 Å². The number of carbonyl (C=O) groups excluding carboxylic acids is 1. The number of methoxy groups -OCH3 is 1. The number of piperidine rings is 1. The maximum Gasteiger partial charge on any atom is 0.303 e. The summed E-state index contributed by atoms with van der Waals surface area (Å²) >= 11 is 0. The Balaban J connectivity index is 1.52. The third-order valence-corrected chi connectivity index (χ3v) is 7.07. The topological polar surface area (TPSA) is 74.8 Å². The van der Waals surface area contributed by atoms with Gasteiger partial charge in [-0.1, -0.05) is 6.07 Å². The number of carbonyl (C=O) groups is 1. The highest BCUT2D eigenvalue weighted by Crippen LogP contribution is 2.48. The molecule has 1 saturated heterocycles. The average molecular weight is 384 g/mol. The molecule has 5 rings (SSSR count). The third-order valence-electron chi connectivity index (χ3n) is 7.07. The zero-order chi connectivity index (χ0) is 19.4. The smallest absolute Gasteiger partial charge is 0.303 e. The molecule has 1 saturated carbocycles. The van der Waals surface area contributed by atoms with Crippen LogP contribution in [-0.2, 0) is 16.0 Å². The molecule has 3 heterocycles. The third kappa shape index (κ3) is 2.73. The molecule has 0 unspecified atom stereocenters. The Kier molecular flexibility index (Phi) is 4.36. The monoisotopic (exact) mass is 384 g/mol. The molecule has 150 valence electrons. The minimum Gasteiger partial charge on any atom is -0.496 e. The summed E-state index contributed by atoms with van der Waals surface area (Å²) in [6.07, 6.45) is 2.69. The van der Waals surface area contributed by atoms with Gasteiger partial charge in [-0.25, -0.2) is 0 Å². The second-order valence-corrected chi connectivity index (χ2v) is 8.54. The number of H-pyrrole nitrogens is 1. The quantitative estimate of drug-likeness (QED) is 0.779. The maximum absolute atomic E-state index is 11.6. The normalized spacial score (nSPS) is 32.3. The summed E-state index contributed by atoms with van der Waals surface area (Å²) in [6.45, 7) is 3.48. The Hall–Kier alpha value is -2.05. The van der Waals surface area contributed by atoms with Crippen LogP contribution in [0.25, 0.3) is 10.9 Å². The van der Waals surface area contributed by atoms with Crippen molar-refractivity contribution in [2.45, 2.75) is 50.9 Å².